The Bertz CT molecular complexity index is 1310. The highest BCUT2D eigenvalue weighted by Crippen LogP contribution is 2.38. The van der Waals surface area contributed by atoms with Gasteiger partial charge < -0.3 is 14.6 Å². The van der Waals surface area contributed by atoms with Crippen molar-refractivity contribution in [1.29, 1.82) is 0 Å². The Morgan fingerprint density at radius 3 is 2.76 bits per heavy atom. The van der Waals surface area contributed by atoms with Crippen molar-refractivity contribution < 1.29 is 28.2 Å². The number of aryl methyl sites for hydroxylation is 1. The number of benzene rings is 2. The molecule has 8 heteroatoms. The molecule has 1 N–H and O–H groups in total. The van der Waals surface area contributed by atoms with Crippen LogP contribution in [0.25, 0.3) is 11.1 Å². The Hall–Kier alpha value is -3.52. The number of carboxylic acid groups (broad SMARTS) is 1. The molecule has 194 valence electrons. The molecule has 3 aromatic rings. The van der Waals surface area contributed by atoms with Gasteiger partial charge in [0.15, 0.2) is 0 Å². The van der Waals surface area contributed by atoms with Gasteiger partial charge in [0.2, 0.25) is 5.88 Å². The van der Waals surface area contributed by atoms with Gasteiger partial charge in [-0.1, -0.05) is 37.3 Å². The maximum atomic E-state index is 14.8. The Morgan fingerprint density at radius 2 is 2.03 bits per heavy atom. The molecule has 6 nitrogen and oxygen atoms in total. The highest BCUT2D eigenvalue weighted by Gasteiger charge is 2.28. The molecular weight excluding hydrogens is 478 g/mol. The number of likely N-dealkylation sites (tertiary alicyclic amines) is 1. The van der Waals surface area contributed by atoms with Crippen molar-refractivity contribution in [3.63, 3.8) is 0 Å². The zero-order valence-corrected chi connectivity index (χ0v) is 20.9. The minimum Gasteiger partial charge on any atom is -0.485 e. The third-order valence-corrected chi connectivity index (χ3v) is 7.18. The van der Waals surface area contributed by atoms with Crippen molar-refractivity contribution in [2.45, 2.75) is 45.0 Å². The van der Waals surface area contributed by atoms with Gasteiger partial charge in [-0.2, -0.15) is 0 Å². The molecule has 0 saturated carbocycles. The van der Waals surface area contributed by atoms with Crippen LogP contribution in [0, 0.1) is 11.7 Å². The molecule has 0 radical (unpaired) electrons. The van der Waals surface area contributed by atoms with E-state index >= 15 is 0 Å². The highest BCUT2D eigenvalue weighted by atomic mass is 19.1. The summed E-state index contributed by atoms with van der Waals surface area (Å²) in [7, 11) is 1.49. The molecule has 0 amide bonds. The standard InChI is InChI=1S/C29H30F2N2O4/c1-17(29(34)35)9-18-3-4-19-6-8-26(37-27(19)10-18)20-5-7-23(21(11-20)14-33-15-22(30)16-33)24-12-28(36-2)32-13-25(24)31/h3-5,7,10-13,17,22,26H,6,8-9,14-16H2,1-2H3,(H,34,35). The maximum Gasteiger partial charge on any atom is 0.306 e. The van der Waals surface area contributed by atoms with Crippen LogP contribution in [0.3, 0.4) is 0 Å². The average molecular weight is 509 g/mol. The Balaban J connectivity index is 1.44. The fourth-order valence-electron chi connectivity index (χ4n) is 5.04. The van der Waals surface area contributed by atoms with Gasteiger partial charge in [0.1, 0.15) is 23.8 Å². The fourth-order valence-corrected chi connectivity index (χ4v) is 5.04. The molecule has 37 heavy (non-hydrogen) atoms. The van der Waals surface area contributed by atoms with E-state index < -0.39 is 23.9 Å². The van der Waals surface area contributed by atoms with E-state index in [0.717, 1.165) is 47.0 Å². The molecule has 2 aliphatic heterocycles. The molecule has 2 aliphatic rings. The zero-order chi connectivity index (χ0) is 26.1. The summed E-state index contributed by atoms with van der Waals surface area (Å²) < 4.78 is 40.0. The molecule has 3 heterocycles. The van der Waals surface area contributed by atoms with Crippen LogP contribution < -0.4 is 9.47 Å². The lowest BCUT2D eigenvalue weighted by Crippen LogP contribution is -2.47. The van der Waals surface area contributed by atoms with Crippen LogP contribution in [0.5, 0.6) is 11.6 Å². The van der Waals surface area contributed by atoms with E-state index in [2.05, 4.69) is 4.98 Å². The van der Waals surface area contributed by atoms with Gasteiger partial charge in [-0.05, 0) is 53.1 Å². The molecule has 0 bridgehead atoms. The number of aromatic nitrogens is 1. The lowest BCUT2D eigenvalue weighted by atomic mass is 9.91. The molecule has 1 aromatic heterocycles. The Kier molecular flexibility index (Phi) is 7.11. The van der Waals surface area contributed by atoms with E-state index in [1.165, 1.54) is 7.11 Å². The van der Waals surface area contributed by atoms with Crippen LogP contribution in [-0.2, 0) is 24.2 Å². The number of ether oxygens (including phenoxy) is 2. The Labute approximate surface area is 214 Å². The van der Waals surface area contributed by atoms with Gasteiger partial charge in [0.05, 0.1) is 19.2 Å². The number of halogens is 2. The minimum atomic E-state index is -0.833. The van der Waals surface area contributed by atoms with E-state index in [4.69, 9.17) is 9.47 Å². The first-order chi connectivity index (χ1) is 17.8. The normalized spacial score (nSPS) is 18.4. The van der Waals surface area contributed by atoms with Crippen molar-refractivity contribution in [2.75, 3.05) is 20.2 Å². The van der Waals surface area contributed by atoms with Gasteiger partial charge in [-0.3, -0.25) is 9.69 Å². The second-order valence-corrected chi connectivity index (χ2v) is 9.95. The molecule has 0 spiro atoms. The van der Waals surface area contributed by atoms with Crippen LogP contribution in [0.2, 0.25) is 0 Å². The van der Waals surface area contributed by atoms with Crippen molar-refractivity contribution in [3.8, 4) is 22.8 Å². The summed E-state index contributed by atoms with van der Waals surface area (Å²) in [5.74, 6) is -0.670. The molecule has 2 aromatic carbocycles. The van der Waals surface area contributed by atoms with E-state index in [9.17, 15) is 18.7 Å². The molecule has 0 aliphatic carbocycles. The second-order valence-electron chi connectivity index (χ2n) is 9.95. The second kappa shape index (κ2) is 10.5. The van der Waals surface area contributed by atoms with Gasteiger partial charge in [0.25, 0.3) is 0 Å². The summed E-state index contributed by atoms with van der Waals surface area (Å²) in [5.41, 5.74) is 4.97. The number of hydrogen-bond donors (Lipinski definition) is 1. The smallest absolute Gasteiger partial charge is 0.306 e. The van der Waals surface area contributed by atoms with Crippen LogP contribution in [0.1, 0.15) is 41.7 Å². The summed E-state index contributed by atoms with van der Waals surface area (Å²) in [4.78, 5) is 17.2. The van der Waals surface area contributed by atoms with Gasteiger partial charge in [-0.15, -0.1) is 0 Å². The first-order valence-corrected chi connectivity index (χ1v) is 12.5. The molecule has 5 rings (SSSR count). The number of hydrogen-bond acceptors (Lipinski definition) is 5. The van der Waals surface area contributed by atoms with E-state index in [0.29, 0.717) is 43.1 Å². The lowest BCUT2D eigenvalue weighted by molar-refractivity contribution is -0.141. The first-order valence-electron chi connectivity index (χ1n) is 12.5. The monoisotopic (exact) mass is 508 g/mol. The summed E-state index contributed by atoms with van der Waals surface area (Å²) in [6, 6.07) is 13.4. The number of carbonyl (C=O) groups is 1. The topological polar surface area (TPSA) is 71.9 Å². The van der Waals surface area contributed by atoms with E-state index in [-0.39, 0.29) is 6.10 Å². The van der Waals surface area contributed by atoms with Gasteiger partial charge >= 0.3 is 5.97 Å². The third-order valence-electron chi connectivity index (χ3n) is 7.18. The predicted octanol–water partition coefficient (Wildman–Crippen LogP) is 5.38. The maximum absolute atomic E-state index is 14.8. The van der Waals surface area contributed by atoms with Crippen LogP contribution >= 0.6 is 0 Å². The lowest BCUT2D eigenvalue weighted by Gasteiger charge is -2.35. The van der Waals surface area contributed by atoms with Crippen molar-refractivity contribution >= 4 is 5.97 Å². The summed E-state index contributed by atoms with van der Waals surface area (Å²) in [6.07, 6.45) is 2.16. The third kappa shape index (κ3) is 5.44. The van der Waals surface area contributed by atoms with E-state index in [1.807, 2.05) is 41.3 Å². The van der Waals surface area contributed by atoms with Crippen molar-refractivity contribution in [1.82, 2.24) is 9.88 Å². The minimum absolute atomic E-state index is 0.199. The van der Waals surface area contributed by atoms with Crippen LogP contribution in [0.15, 0.2) is 48.7 Å². The van der Waals surface area contributed by atoms with Crippen molar-refractivity contribution in [2.24, 2.45) is 5.92 Å². The van der Waals surface area contributed by atoms with Gasteiger partial charge in [0, 0.05) is 31.3 Å². The number of fused-ring (bicyclic) bond motifs is 1. The summed E-state index contributed by atoms with van der Waals surface area (Å²) >= 11 is 0. The number of pyridine rings is 1. The summed E-state index contributed by atoms with van der Waals surface area (Å²) in [5, 5.41) is 9.26. The zero-order valence-electron chi connectivity index (χ0n) is 20.9. The Morgan fingerprint density at radius 1 is 1.22 bits per heavy atom. The number of nitrogens with zero attached hydrogens (tertiary/aromatic N) is 2. The van der Waals surface area contributed by atoms with Crippen molar-refractivity contribution in [3.05, 3.63) is 76.7 Å². The van der Waals surface area contributed by atoms with E-state index in [1.54, 1.807) is 13.0 Å². The number of rotatable bonds is 8. The molecule has 2 unspecified atom stereocenters. The van der Waals surface area contributed by atoms with Crippen LogP contribution in [0.4, 0.5) is 8.78 Å². The average Bonchev–Trinajstić information content (AvgIpc) is 2.87. The molecular formula is C29H30F2N2O4. The highest BCUT2D eigenvalue weighted by molar-refractivity contribution is 5.70. The number of methoxy groups -OCH3 is 1. The predicted molar refractivity (Wildman–Crippen MR) is 135 cm³/mol. The van der Waals surface area contributed by atoms with Gasteiger partial charge in [-0.25, -0.2) is 13.8 Å². The van der Waals surface area contributed by atoms with Crippen LogP contribution in [-0.4, -0.2) is 47.3 Å². The SMILES string of the molecule is COc1cc(-c2ccc(C3CCc4ccc(CC(C)C(=O)O)cc4O3)cc2CN2CC(F)C2)c(F)cn1. The quantitative estimate of drug-likeness (QED) is 0.441. The molecule has 1 saturated heterocycles. The number of alkyl halides is 1. The molecule has 1 fully saturated rings. The molecule has 2 atom stereocenters. The number of aliphatic carboxylic acids is 1. The fraction of sp³-hybridized carbons (Fsp3) is 0.379. The first kappa shape index (κ1) is 25.1. The largest absolute Gasteiger partial charge is 0.485 e. The summed E-state index contributed by atoms with van der Waals surface area (Å²) in [6.45, 7) is 2.90. The number of carboxylic acids is 1.